The standard InChI is InChI=1S/C69H59NO/c1-2-10-48(11-3-1)53-12-5-8-16-64(53)70(52-21-25-59-58-14-6-9-17-65(58)71-66(59)35-52)51-20-24-57-54-13-4-7-15-60(54)69(63(57)34-51)61-32-49(67-36-42-26-43(37-67)28-44(27-42)38-67)18-22-55(61)56-23-19-50(33-62(56)69)68-39-45-29-46(40-68)31-47(30-45)41-68/h1-25,32-35,42-47H,26-31,36-41H2. The van der Waals surface area contributed by atoms with E-state index < -0.39 is 5.41 Å². The van der Waals surface area contributed by atoms with Crippen LogP contribution in [0, 0.1) is 35.5 Å². The van der Waals surface area contributed by atoms with Gasteiger partial charge >= 0.3 is 0 Å². The van der Waals surface area contributed by atoms with E-state index >= 15 is 0 Å². The first kappa shape index (κ1) is 40.0. The van der Waals surface area contributed by atoms with Crippen LogP contribution in [-0.2, 0) is 16.2 Å². The van der Waals surface area contributed by atoms with Crippen molar-refractivity contribution in [3.63, 3.8) is 0 Å². The Bertz CT molecular complexity index is 3540. The molecule has 71 heavy (non-hydrogen) atoms. The van der Waals surface area contributed by atoms with Crippen molar-refractivity contribution in [1.29, 1.82) is 0 Å². The molecule has 1 spiro atoms. The third kappa shape index (κ3) is 5.49. The van der Waals surface area contributed by atoms with Crippen LogP contribution in [0.3, 0.4) is 0 Å². The Balaban J connectivity index is 0.926. The number of benzene rings is 8. The van der Waals surface area contributed by atoms with Crippen molar-refractivity contribution in [2.75, 3.05) is 4.90 Å². The number of hydrogen-bond acceptors (Lipinski definition) is 2. The molecule has 10 aliphatic carbocycles. The lowest BCUT2D eigenvalue weighted by atomic mass is 9.48. The van der Waals surface area contributed by atoms with Gasteiger partial charge in [-0.3, -0.25) is 0 Å². The molecule has 19 rings (SSSR count). The van der Waals surface area contributed by atoms with Crippen LogP contribution in [0.25, 0.3) is 55.3 Å². The predicted molar refractivity (Wildman–Crippen MR) is 290 cm³/mol. The van der Waals surface area contributed by atoms with E-state index in [0.29, 0.717) is 10.8 Å². The molecule has 0 N–H and O–H groups in total. The highest BCUT2D eigenvalue weighted by Gasteiger charge is 2.57. The van der Waals surface area contributed by atoms with Crippen LogP contribution in [-0.4, -0.2) is 0 Å². The normalized spacial score (nSPS) is 29.7. The van der Waals surface area contributed by atoms with Gasteiger partial charge in [0, 0.05) is 33.8 Å². The van der Waals surface area contributed by atoms with Gasteiger partial charge in [0.2, 0.25) is 0 Å². The molecule has 2 nitrogen and oxygen atoms in total. The van der Waals surface area contributed by atoms with Crippen LogP contribution < -0.4 is 4.90 Å². The lowest BCUT2D eigenvalue weighted by Crippen LogP contribution is -2.48. The van der Waals surface area contributed by atoms with Gasteiger partial charge in [0.25, 0.3) is 0 Å². The number of anilines is 3. The highest BCUT2D eigenvalue weighted by Crippen LogP contribution is 2.68. The molecule has 1 aromatic heterocycles. The van der Waals surface area contributed by atoms with E-state index in [4.69, 9.17) is 4.42 Å². The highest BCUT2D eigenvalue weighted by atomic mass is 16.3. The summed E-state index contributed by atoms with van der Waals surface area (Å²) in [5, 5.41) is 2.30. The fourth-order valence-corrected chi connectivity index (χ4v) is 18.7. The summed E-state index contributed by atoms with van der Waals surface area (Å²) in [7, 11) is 0. The van der Waals surface area contributed by atoms with Gasteiger partial charge in [-0.2, -0.15) is 0 Å². The van der Waals surface area contributed by atoms with Gasteiger partial charge < -0.3 is 9.32 Å². The summed E-state index contributed by atoms with van der Waals surface area (Å²) in [6.07, 6.45) is 17.0. The topological polar surface area (TPSA) is 16.4 Å². The Morgan fingerprint density at radius 1 is 0.352 bits per heavy atom. The molecule has 1 heterocycles. The third-order valence-corrected chi connectivity index (χ3v) is 20.6. The molecule has 0 saturated heterocycles. The summed E-state index contributed by atoms with van der Waals surface area (Å²) in [6, 6.07) is 68.5. The number of furan rings is 1. The van der Waals surface area contributed by atoms with Crippen molar-refractivity contribution in [3.05, 3.63) is 209 Å². The molecule has 2 heteroatoms. The van der Waals surface area contributed by atoms with Gasteiger partial charge in [-0.05, 0) is 221 Å². The largest absolute Gasteiger partial charge is 0.456 e. The Morgan fingerprint density at radius 3 is 1.45 bits per heavy atom. The smallest absolute Gasteiger partial charge is 0.137 e. The van der Waals surface area contributed by atoms with Crippen LogP contribution in [0.15, 0.2) is 180 Å². The monoisotopic (exact) mass is 917 g/mol. The summed E-state index contributed by atoms with van der Waals surface area (Å²) >= 11 is 0. The molecule has 0 amide bonds. The number of hydrogen-bond donors (Lipinski definition) is 0. The van der Waals surface area contributed by atoms with Gasteiger partial charge in [-0.15, -0.1) is 0 Å². The van der Waals surface area contributed by atoms with E-state index in [1.54, 1.807) is 11.1 Å². The summed E-state index contributed by atoms with van der Waals surface area (Å²) in [4.78, 5) is 2.53. The second-order valence-corrected chi connectivity index (χ2v) is 24.4. The van der Waals surface area contributed by atoms with E-state index in [1.165, 1.54) is 138 Å². The molecule has 346 valence electrons. The van der Waals surface area contributed by atoms with Gasteiger partial charge in [0.05, 0.1) is 11.1 Å². The van der Waals surface area contributed by atoms with Crippen molar-refractivity contribution in [3.8, 4) is 33.4 Å². The average molecular weight is 918 g/mol. The second-order valence-electron chi connectivity index (χ2n) is 24.4. The molecule has 8 aromatic carbocycles. The van der Waals surface area contributed by atoms with Gasteiger partial charge in [-0.1, -0.05) is 133 Å². The fourth-order valence-electron chi connectivity index (χ4n) is 18.7. The maximum absolute atomic E-state index is 6.67. The van der Waals surface area contributed by atoms with Crippen molar-refractivity contribution in [2.24, 2.45) is 35.5 Å². The molecular formula is C69H59NO. The summed E-state index contributed by atoms with van der Waals surface area (Å²) in [6.45, 7) is 0. The first-order valence-corrected chi connectivity index (χ1v) is 27.4. The molecule has 8 fully saturated rings. The Kier molecular flexibility index (Phi) is 8.05. The maximum atomic E-state index is 6.67. The zero-order valence-corrected chi connectivity index (χ0v) is 40.5. The minimum Gasteiger partial charge on any atom is -0.456 e. The Labute approximate surface area is 417 Å². The third-order valence-electron chi connectivity index (χ3n) is 20.6. The van der Waals surface area contributed by atoms with Crippen LogP contribution in [0.1, 0.15) is 110 Å². The van der Waals surface area contributed by atoms with Gasteiger partial charge in [0.1, 0.15) is 11.2 Å². The zero-order valence-electron chi connectivity index (χ0n) is 40.5. The molecule has 8 saturated carbocycles. The first-order chi connectivity index (χ1) is 35.0. The molecule has 0 radical (unpaired) electrons. The molecule has 10 aliphatic rings. The lowest BCUT2D eigenvalue weighted by Gasteiger charge is -2.57. The van der Waals surface area contributed by atoms with E-state index in [1.807, 2.05) is 0 Å². The number of fused-ring (bicyclic) bond motifs is 13. The van der Waals surface area contributed by atoms with Crippen LogP contribution >= 0.6 is 0 Å². The lowest BCUT2D eigenvalue weighted by molar-refractivity contribution is -0.00530. The molecule has 9 aromatic rings. The Morgan fingerprint density at radius 2 is 0.817 bits per heavy atom. The molecule has 0 aliphatic heterocycles. The molecule has 0 atom stereocenters. The van der Waals surface area contributed by atoms with Crippen molar-refractivity contribution in [1.82, 2.24) is 0 Å². The first-order valence-electron chi connectivity index (χ1n) is 27.4. The maximum Gasteiger partial charge on any atom is 0.137 e. The van der Waals surface area contributed by atoms with E-state index in [2.05, 4.69) is 181 Å². The van der Waals surface area contributed by atoms with Crippen molar-refractivity contribution in [2.45, 2.75) is 93.3 Å². The quantitative estimate of drug-likeness (QED) is 0.165. The molecular weight excluding hydrogens is 859 g/mol. The minimum absolute atomic E-state index is 0.292. The summed E-state index contributed by atoms with van der Waals surface area (Å²) in [5.41, 5.74) is 22.6. The molecule has 8 bridgehead atoms. The summed E-state index contributed by atoms with van der Waals surface area (Å²) < 4.78 is 6.67. The predicted octanol–water partition coefficient (Wildman–Crippen LogP) is 18.0. The fraction of sp³-hybridized carbons (Fsp3) is 0.304. The SMILES string of the molecule is c1ccc(-c2ccccc2N(c2ccc3c(c2)C2(c4ccccc4-3)c3cc(C45CC6CC(CC(C6)C4)C5)ccc3-c3ccc(C45CC6CC(CC(C6)C4)C5)cc32)c2ccc3c(c2)oc2ccccc23)cc1. The summed E-state index contributed by atoms with van der Waals surface area (Å²) in [5.74, 6) is 5.35. The van der Waals surface area contributed by atoms with E-state index in [-0.39, 0.29) is 0 Å². The van der Waals surface area contributed by atoms with Gasteiger partial charge in [0.15, 0.2) is 0 Å². The van der Waals surface area contributed by atoms with Crippen LogP contribution in [0.5, 0.6) is 0 Å². The van der Waals surface area contributed by atoms with E-state index in [9.17, 15) is 0 Å². The number of rotatable bonds is 6. The van der Waals surface area contributed by atoms with Crippen molar-refractivity contribution >= 4 is 39.0 Å². The average Bonchev–Trinajstić information content (AvgIpc) is 4.02. The number of nitrogens with zero attached hydrogens (tertiary/aromatic N) is 1. The second kappa shape index (κ2) is 14.3. The molecule has 0 unspecified atom stereocenters. The number of para-hydroxylation sites is 2. The minimum atomic E-state index is -0.462. The Hall–Kier alpha value is -6.64. The van der Waals surface area contributed by atoms with Crippen LogP contribution in [0.4, 0.5) is 17.1 Å². The van der Waals surface area contributed by atoms with Crippen LogP contribution in [0.2, 0.25) is 0 Å². The van der Waals surface area contributed by atoms with Gasteiger partial charge in [-0.25, -0.2) is 0 Å². The highest BCUT2D eigenvalue weighted by molar-refractivity contribution is 6.06. The van der Waals surface area contributed by atoms with E-state index in [0.717, 1.165) is 68.8 Å². The zero-order chi connectivity index (χ0) is 46.2. The van der Waals surface area contributed by atoms with Crippen molar-refractivity contribution < 1.29 is 4.42 Å².